The number of hydrogen-bond acceptors (Lipinski definition) is 6. The molecule has 206 valence electrons. The number of para-hydroxylation sites is 1. The molecule has 0 aromatic heterocycles. The molecule has 0 unspecified atom stereocenters. The number of nitrogens with one attached hydrogen (secondary N) is 2. The van der Waals surface area contributed by atoms with Crippen LogP contribution in [0.15, 0.2) is 30.3 Å². The first-order valence-electron chi connectivity index (χ1n) is 12.1. The summed E-state index contributed by atoms with van der Waals surface area (Å²) in [6.07, 6.45) is -10.3. The highest BCUT2D eigenvalue weighted by molar-refractivity contribution is 6.41. The number of hydrogen-bond donors (Lipinski definition) is 2. The number of carbonyl (C=O) groups excluding carboxylic acids is 2. The highest BCUT2D eigenvalue weighted by Crippen LogP contribution is 2.47. The van der Waals surface area contributed by atoms with Gasteiger partial charge in [-0.3, -0.25) is 9.59 Å². The Morgan fingerprint density at radius 2 is 1.66 bits per heavy atom. The van der Waals surface area contributed by atoms with Crippen molar-refractivity contribution in [3.05, 3.63) is 52.6 Å². The predicted octanol–water partition coefficient (Wildman–Crippen LogP) is 5.09. The number of ketones is 2. The van der Waals surface area contributed by atoms with Crippen molar-refractivity contribution in [3.63, 3.8) is 0 Å². The molecule has 0 saturated carbocycles. The van der Waals surface area contributed by atoms with E-state index < -0.39 is 23.9 Å². The lowest BCUT2D eigenvalue weighted by atomic mass is 9.89. The van der Waals surface area contributed by atoms with E-state index in [0.29, 0.717) is 18.6 Å². The monoisotopic (exact) mass is 543 g/mol. The fourth-order valence-corrected chi connectivity index (χ4v) is 5.27. The van der Waals surface area contributed by atoms with E-state index in [1.165, 1.54) is 45.7 Å². The lowest BCUT2D eigenvalue weighted by molar-refractivity contribution is -0.193. The third-order valence-corrected chi connectivity index (χ3v) is 6.96. The molecular formula is C26H27F6N3O3. The summed E-state index contributed by atoms with van der Waals surface area (Å²) in [5, 5.41) is 7.31. The van der Waals surface area contributed by atoms with Gasteiger partial charge in [0.2, 0.25) is 0 Å². The van der Waals surface area contributed by atoms with Gasteiger partial charge in [-0.05, 0) is 55.6 Å². The summed E-state index contributed by atoms with van der Waals surface area (Å²) in [6, 6.07) is 11.8. The average molecular weight is 544 g/mol. The van der Waals surface area contributed by atoms with Gasteiger partial charge in [-0.2, -0.15) is 26.3 Å². The van der Waals surface area contributed by atoms with Crippen LogP contribution < -0.4 is 15.5 Å². The van der Waals surface area contributed by atoms with Crippen molar-refractivity contribution in [2.45, 2.75) is 51.2 Å². The molecule has 1 fully saturated rings. The third kappa shape index (κ3) is 5.65. The predicted molar refractivity (Wildman–Crippen MR) is 129 cm³/mol. The first-order valence-corrected chi connectivity index (χ1v) is 12.1. The Kier molecular flexibility index (Phi) is 7.76. The van der Waals surface area contributed by atoms with Crippen molar-refractivity contribution in [3.8, 4) is 0 Å². The van der Waals surface area contributed by atoms with E-state index in [-0.39, 0.29) is 0 Å². The standard InChI is InChI=1S/C22H27N3O.C4F6O2/c1-14-4-3-5-15(2)21(14)24-17-10-16-13-26-9-8-25-20-6-7-23-12-19(20)18(11-17)22(16)25;5-3(6,7)1(11)2(12)4(8,9)10/h3-5,10-11,19-20,23-24H,6-9,12-13H2,1-2H3;/t19-,20-;/m0./s1. The SMILES string of the molecule is Cc1cccc(C)c1Nc1cc2c3c(c1)[C@@H]1CNCC[C@@H]1N3CCOC2.O=C(C(=O)C(F)(F)F)C(F)(F)F. The minimum Gasteiger partial charge on any atom is -0.375 e. The van der Waals surface area contributed by atoms with Crippen LogP contribution in [0.1, 0.15) is 34.6 Å². The van der Waals surface area contributed by atoms with Crippen LogP contribution in [0.25, 0.3) is 0 Å². The molecule has 2 atom stereocenters. The van der Waals surface area contributed by atoms with Gasteiger partial charge in [0, 0.05) is 47.7 Å². The Labute approximate surface area is 215 Å². The van der Waals surface area contributed by atoms with Gasteiger partial charge >= 0.3 is 23.9 Å². The van der Waals surface area contributed by atoms with Crippen LogP contribution in [0.4, 0.5) is 43.4 Å². The average Bonchev–Trinajstić information content (AvgIpc) is 3.00. The Hall–Kier alpha value is -3.12. The van der Waals surface area contributed by atoms with E-state index in [1.807, 2.05) is 0 Å². The summed E-state index contributed by atoms with van der Waals surface area (Å²) in [5.41, 5.74) is 9.27. The number of fused-ring (bicyclic) bond motifs is 3. The van der Waals surface area contributed by atoms with Gasteiger partial charge in [0.15, 0.2) is 0 Å². The number of halogens is 6. The van der Waals surface area contributed by atoms with Crippen LogP contribution in [0.5, 0.6) is 0 Å². The lowest BCUT2D eigenvalue weighted by Gasteiger charge is -2.33. The first kappa shape index (κ1) is 27.9. The molecular weight excluding hydrogens is 516 g/mol. The molecule has 3 heterocycles. The van der Waals surface area contributed by atoms with Crippen molar-refractivity contribution in [1.29, 1.82) is 0 Å². The lowest BCUT2D eigenvalue weighted by Crippen LogP contribution is -2.44. The summed E-state index contributed by atoms with van der Waals surface area (Å²) >= 11 is 0. The zero-order valence-corrected chi connectivity index (χ0v) is 20.7. The molecule has 2 aromatic rings. The molecule has 3 aliphatic rings. The maximum Gasteiger partial charge on any atom is 0.458 e. The Morgan fingerprint density at radius 1 is 1.03 bits per heavy atom. The minimum absolute atomic E-state index is 0.593. The second-order valence-corrected chi connectivity index (χ2v) is 9.53. The number of nitrogens with zero attached hydrogens (tertiary/aromatic N) is 1. The molecule has 0 radical (unpaired) electrons. The summed E-state index contributed by atoms with van der Waals surface area (Å²) in [6.45, 7) is 9.10. The molecule has 0 bridgehead atoms. The van der Waals surface area contributed by atoms with Gasteiger partial charge < -0.3 is 20.3 Å². The van der Waals surface area contributed by atoms with Gasteiger partial charge in [0.05, 0.1) is 13.2 Å². The smallest absolute Gasteiger partial charge is 0.375 e. The summed E-state index contributed by atoms with van der Waals surface area (Å²) < 4.78 is 72.9. The molecule has 38 heavy (non-hydrogen) atoms. The van der Waals surface area contributed by atoms with Crippen molar-refractivity contribution in [2.75, 3.05) is 36.5 Å². The second-order valence-electron chi connectivity index (χ2n) is 9.53. The quantitative estimate of drug-likeness (QED) is 0.415. The number of piperidine rings is 1. The largest absolute Gasteiger partial charge is 0.458 e. The number of aryl methyl sites for hydroxylation is 2. The topological polar surface area (TPSA) is 70.7 Å². The summed E-state index contributed by atoms with van der Waals surface area (Å²) in [7, 11) is 0. The van der Waals surface area contributed by atoms with Gasteiger partial charge in [-0.1, -0.05) is 18.2 Å². The Bertz CT molecular complexity index is 1180. The molecule has 2 N–H and O–H groups in total. The Balaban J connectivity index is 0.000000240. The van der Waals surface area contributed by atoms with Gasteiger partial charge in [-0.15, -0.1) is 0 Å². The van der Waals surface area contributed by atoms with Crippen molar-refractivity contribution in [1.82, 2.24) is 5.32 Å². The highest BCUT2D eigenvalue weighted by atomic mass is 19.4. The number of alkyl halides is 6. The minimum atomic E-state index is -5.77. The van der Waals surface area contributed by atoms with E-state index in [4.69, 9.17) is 4.74 Å². The van der Waals surface area contributed by atoms with E-state index in [9.17, 15) is 35.9 Å². The number of ether oxygens (including phenoxy) is 1. The first-order chi connectivity index (χ1) is 17.8. The molecule has 1 saturated heterocycles. The zero-order chi connectivity index (χ0) is 27.8. The fourth-order valence-electron chi connectivity index (χ4n) is 5.27. The number of benzene rings is 2. The number of Topliss-reactive ketones (excluding diaryl/α,β-unsaturated/α-hetero) is 2. The molecule has 6 nitrogen and oxygen atoms in total. The maximum absolute atomic E-state index is 11.2. The molecule has 3 aliphatic heterocycles. The van der Waals surface area contributed by atoms with Crippen LogP contribution in [0, 0.1) is 13.8 Å². The van der Waals surface area contributed by atoms with Gasteiger partial charge in [0.25, 0.3) is 0 Å². The number of carbonyl (C=O) groups is 2. The van der Waals surface area contributed by atoms with Crippen molar-refractivity contribution >= 4 is 28.6 Å². The fraction of sp³-hybridized carbons (Fsp3) is 0.462. The van der Waals surface area contributed by atoms with E-state index in [2.05, 4.69) is 59.7 Å². The molecule has 0 amide bonds. The molecule has 0 spiro atoms. The van der Waals surface area contributed by atoms with Crippen LogP contribution >= 0.6 is 0 Å². The van der Waals surface area contributed by atoms with E-state index in [0.717, 1.165) is 26.2 Å². The number of rotatable bonds is 3. The maximum atomic E-state index is 11.2. The molecule has 5 rings (SSSR count). The number of anilines is 3. The van der Waals surface area contributed by atoms with Crippen molar-refractivity contribution in [2.24, 2.45) is 0 Å². The summed E-state index contributed by atoms with van der Waals surface area (Å²) in [4.78, 5) is 21.9. The van der Waals surface area contributed by atoms with Crippen LogP contribution in [0.3, 0.4) is 0 Å². The van der Waals surface area contributed by atoms with Crippen LogP contribution in [0.2, 0.25) is 0 Å². The molecule has 2 aromatic carbocycles. The van der Waals surface area contributed by atoms with E-state index >= 15 is 0 Å². The molecule has 0 aliphatic carbocycles. The third-order valence-electron chi connectivity index (χ3n) is 6.96. The summed E-state index contributed by atoms with van der Waals surface area (Å²) in [5.74, 6) is -6.22. The van der Waals surface area contributed by atoms with Crippen LogP contribution in [-0.2, 0) is 20.9 Å². The van der Waals surface area contributed by atoms with Gasteiger partial charge in [-0.25, -0.2) is 0 Å². The zero-order valence-electron chi connectivity index (χ0n) is 20.7. The van der Waals surface area contributed by atoms with Crippen LogP contribution in [-0.4, -0.2) is 56.2 Å². The van der Waals surface area contributed by atoms with Crippen molar-refractivity contribution < 1.29 is 40.7 Å². The normalized spacial score (nSPS) is 20.5. The van der Waals surface area contributed by atoms with E-state index in [1.54, 1.807) is 0 Å². The Morgan fingerprint density at radius 3 is 2.26 bits per heavy atom. The second kappa shape index (κ2) is 10.6. The van der Waals surface area contributed by atoms with Gasteiger partial charge in [0.1, 0.15) is 0 Å². The molecule has 12 heteroatoms. The highest BCUT2D eigenvalue weighted by Gasteiger charge is 2.54.